The first-order valence-electron chi connectivity index (χ1n) is 7.32. The molecule has 0 amide bonds. The summed E-state index contributed by atoms with van der Waals surface area (Å²) in [5, 5.41) is 0. The van der Waals surface area contributed by atoms with Crippen LogP contribution in [-0.4, -0.2) is 22.2 Å². The van der Waals surface area contributed by atoms with Gasteiger partial charge in [0.1, 0.15) is 5.75 Å². The Morgan fingerprint density at radius 3 is 3.00 bits per heavy atom. The fourth-order valence-corrected chi connectivity index (χ4v) is 2.66. The summed E-state index contributed by atoms with van der Waals surface area (Å²) in [4.78, 5) is 4.03. The number of para-hydroxylation sites is 1. The second-order valence-corrected chi connectivity index (χ2v) is 5.96. The van der Waals surface area contributed by atoms with Crippen LogP contribution < -0.4 is 10.5 Å². The smallest absolute Gasteiger partial charge is 0.136 e. The van der Waals surface area contributed by atoms with Crippen molar-refractivity contribution in [1.29, 1.82) is 0 Å². The Morgan fingerprint density at radius 1 is 1.43 bits per heavy atom. The highest BCUT2D eigenvalue weighted by atomic mass is 79.9. The van der Waals surface area contributed by atoms with Gasteiger partial charge >= 0.3 is 0 Å². The standard InChI is InChI=1S/C16H22BrN3O/c1-2-14(18)11-13-5-3-6-15(17)16(13)21-10-4-8-20-9-7-19-12-20/h3,5-7,9,12,14H,2,4,8,10-11,18H2,1H3. The molecular weight excluding hydrogens is 330 g/mol. The molecule has 4 nitrogen and oxygen atoms in total. The topological polar surface area (TPSA) is 53.1 Å². The predicted molar refractivity (Wildman–Crippen MR) is 88.5 cm³/mol. The maximum atomic E-state index is 6.06. The number of ether oxygens (including phenoxy) is 1. The van der Waals surface area contributed by atoms with Crippen molar-refractivity contribution in [2.24, 2.45) is 5.73 Å². The number of nitrogens with zero attached hydrogens (tertiary/aromatic N) is 2. The van der Waals surface area contributed by atoms with E-state index in [0.717, 1.165) is 36.0 Å². The Bertz CT molecular complexity index is 542. The molecular formula is C16H22BrN3O. The number of nitrogens with two attached hydrogens (primary N) is 1. The fraction of sp³-hybridized carbons (Fsp3) is 0.438. The molecule has 114 valence electrons. The van der Waals surface area contributed by atoms with E-state index in [2.05, 4.69) is 38.5 Å². The van der Waals surface area contributed by atoms with E-state index in [1.165, 1.54) is 5.56 Å². The highest BCUT2D eigenvalue weighted by Crippen LogP contribution is 2.30. The lowest BCUT2D eigenvalue weighted by molar-refractivity contribution is 0.296. The van der Waals surface area contributed by atoms with Crippen molar-refractivity contribution < 1.29 is 4.74 Å². The van der Waals surface area contributed by atoms with Crippen LogP contribution in [-0.2, 0) is 13.0 Å². The molecule has 0 bridgehead atoms. The van der Waals surface area contributed by atoms with E-state index < -0.39 is 0 Å². The summed E-state index contributed by atoms with van der Waals surface area (Å²) in [6.07, 6.45) is 8.32. The summed E-state index contributed by atoms with van der Waals surface area (Å²) >= 11 is 3.57. The average Bonchev–Trinajstić information content (AvgIpc) is 2.99. The van der Waals surface area contributed by atoms with Crippen molar-refractivity contribution in [3.8, 4) is 5.75 Å². The Balaban J connectivity index is 1.91. The minimum Gasteiger partial charge on any atom is -0.492 e. The zero-order chi connectivity index (χ0) is 15.1. The second kappa shape index (κ2) is 8.20. The van der Waals surface area contributed by atoms with Gasteiger partial charge in [0.25, 0.3) is 0 Å². The van der Waals surface area contributed by atoms with E-state index in [1.807, 2.05) is 24.7 Å². The Kier molecular flexibility index (Phi) is 6.26. The van der Waals surface area contributed by atoms with Crippen molar-refractivity contribution >= 4 is 15.9 Å². The number of hydrogen-bond acceptors (Lipinski definition) is 3. The third-order valence-electron chi connectivity index (χ3n) is 3.42. The molecule has 1 heterocycles. The molecule has 0 radical (unpaired) electrons. The molecule has 0 saturated carbocycles. The summed E-state index contributed by atoms with van der Waals surface area (Å²) in [6.45, 7) is 3.69. The zero-order valence-corrected chi connectivity index (χ0v) is 13.9. The molecule has 0 aliphatic heterocycles. The monoisotopic (exact) mass is 351 g/mol. The molecule has 2 aromatic rings. The minimum absolute atomic E-state index is 0.174. The SMILES string of the molecule is CCC(N)Cc1cccc(Br)c1OCCCn1ccnc1. The van der Waals surface area contributed by atoms with E-state index in [-0.39, 0.29) is 6.04 Å². The summed E-state index contributed by atoms with van der Waals surface area (Å²) in [5.74, 6) is 0.923. The van der Waals surface area contributed by atoms with E-state index in [9.17, 15) is 0 Å². The molecule has 2 rings (SSSR count). The van der Waals surface area contributed by atoms with Crippen LogP contribution in [0.1, 0.15) is 25.3 Å². The van der Waals surface area contributed by atoms with Gasteiger partial charge in [0.05, 0.1) is 17.4 Å². The Labute approximate surface area is 134 Å². The molecule has 21 heavy (non-hydrogen) atoms. The number of aromatic nitrogens is 2. The van der Waals surface area contributed by atoms with E-state index in [1.54, 1.807) is 6.20 Å². The largest absolute Gasteiger partial charge is 0.492 e. The van der Waals surface area contributed by atoms with Gasteiger partial charge in [-0.15, -0.1) is 0 Å². The number of aryl methyl sites for hydroxylation is 1. The van der Waals surface area contributed by atoms with Crippen LogP contribution in [0, 0.1) is 0 Å². The third kappa shape index (κ3) is 4.86. The predicted octanol–water partition coefficient (Wildman–Crippen LogP) is 3.39. The molecule has 0 aliphatic carbocycles. The van der Waals surface area contributed by atoms with Crippen molar-refractivity contribution in [1.82, 2.24) is 9.55 Å². The van der Waals surface area contributed by atoms with Crippen molar-refractivity contribution in [2.45, 2.75) is 38.8 Å². The fourth-order valence-electron chi connectivity index (χ4n) is 2.14. The van der Waals surface area contributed by atoms with Gasteiger partial charge in [0.15, 0.2) is 0 Å². The van der Waals surface area contributed by atoms with E-state index >= 15 is 0 Å². The summed E-state index contributed by atoms with van der Waals surface area (Å²) < 4.78 is 9.02. The third-order valence-corrected chi connectivity index (χ3v) is 4.05. The molecule has 1 atom stereocenters. The summed E-state index contributed by atoms with van der Waals surface area (Å²) in [5.41, 5.74) is 7.23. The van der Waals surface area contributed by atoms with Gasteiger partial charge in [-0.1, -0.05) is 19.1 Å². The number of benzene rings is 1. The first kappa shape index (κ1) is 16.0. The average molecular weight is 352 g/mol. The highest BCUT2D eigenvalue weighted by molar-refractivity contribution is 9.10. The summed E-state index contributed by atoms with van der Waals surface area (Å²) in [7, 11) is 0. The molecule has 0 saturated heterocycles. The van der Waals surface area contributed by atoms with Gasteiger partial charge in [-0.3, -0.25) is 0 Å². The molecule has 0 fully saturated rings. The molecule has 1 aromatic carbocycles. The van der Waals surface area contributed by atoms with Crippen molar-refractivity contribution in [3.05, 3.63) is 47.0 Å². The van der Waals surface area contributed by atoms with Crippen molar-refractivity contribution in [2.75, 3.05) is 6.61 Å². The van der Waals surface area contributed by atoms with Crippen LogP contribution in [0.4, 0.5) is 0 Å². The van der Waals surface area contributed by atoms with Crippen LogP contribution in [0.5, 0.6) is 5.75 Å². The van der Waals surface area contributed by atoms with Crippen molar-refractivity contribution in [3.63, 3.8) is 0 Å². The molecule has 0 aliphatic rings. The quantitative estimate of drug-likeness (QED) is 0.741. The minimum atomic E-state index is 0.174. The van der Waals surface area contributed by atoms with E-state index in [4.69, 9.17) is 10.5 Å². The van der Waals surface area contributed by atoms with Gasteiger partial charge in [-0.05, 0) is 46.8 Å². The van der Waals surface area contributed by atoms with Crippen LogP contribution in [0.2, 0.25) is 0 Å². The van der Waals surface area contributed by atoms with Crippen LogP contribution in [0.15, 0.2) is 41.4 Å². The summed E-state index contributed by atoms with van der Waals surface area (Å²) in [6, 6.07) is 6.30. The molecule has 2 N–H and O–H groups in total. The Hall–Kier alpha value is -1.33. The van der Waals surface area contributed by atoms with Crippen LogP contribution in [0.3, 0.4) is 0 Å². The molecule has 1 aromatic heterocycles. The first-order chi connectivity index (χ1) is 10.2. The lowest BCUT2D eigenvalue weighted by atomic mass is 10.0. The second-order valence-electron chi connectivity index (χ2n) is 5.10. The number of rotatable bonds is 8. The number of halogens is 1. The molecule has 0 spiro atoms. The van der Waals surface area contributed by atoms with E-state index in [0.29, 0.717) is 6.61 Å². The number of imidazole rings is 1. The van der Waals surface area contributed by atoms with Crippen LogP contribution >= 0.6 is 15.9 Å². The van der Waals surface area contributed by atoms with Crippen LogP contribution in [0.25, 0.3) is 0 Å². The lowest BCUT2D eigenvalue weighted by Gasteiger charge is -2.16. The maximum Gasteiger partial charge on any atom is 0.136 e. The Morgan fingerprint density at radius 2 is 2.29 bits per heavy atom. The maximum absolute atomic E-state index is 6.06. The van der Waals surface area contributed by atoms with Gasteiger partial charge in [-0.25, -0.2) is 4.98 Å². The molecule has 1 unspecified atom stereocenters. The van der Waals surface area contributed by atoms with Gasteiger partial charge in [0, 0.05) is 25.0 Å². The zero-order valence-electron chi connectivity index (χ0n) is 12.3. The number of hydrogen-bond donors (Lipinski definition) is 1. The van der Waals surface area contributed by atoms with Gasteiger partial charge in [-0.2, -0.15) is 0 Å². The van der Waals surface area contributed by atoms with Gasteiger partial charge in [0.2, 0.25) is 0 Å². The lowest BCUT2D eigenvalue weighted by Crippen LogP contribution is -2.21. The highest BCUT2D eigenvalue weighted by Gasteiger charge is 2.11. The normalized spacial score (nSPS) is 12.3. The first-order valence-corrected chi connectivity index (χ1v) is 8.11. The molecule has 5 heteroatoms. The van der Waals surface area contributed by atoms with Gasteiger partial charge < -0.3 is 15.0 Å².